The zero-order valence-corrected chi connectivity index (χ0v) is 17.7. The molecule has 0 aliphatic heterocycles. The molecule has 14 heteroatoms. The molecule has 182 valence electrons. The van der Waals surface area contributed by atoms with Gasteiger partial charge in [0.1, 0.15) is 11.6 Å². The molecule has 2 heterocycles. The number of benzene rings is 1. The SMILES string of the molecule is CCN(C(=O)C(=O)Nc1cnc(N)c2cn[nH]c12)[C@H](C)c1ccc(C(F)(F)C(F)(F)F)cc1F. The standard InChI is InChI=1S/C20H18F6N6O2/c1-3-32(9(2)11-5-4-10(6-13(11)21)19(22,23)20(24,25)26)18(34)17(33)30-14-8-28-16(27)12-7-29-31-15(12)14/h4-9H,3H2,1-2H3,(H2,27,28)(H,29,31)(H,30,33)/t9-/m1/s1. The first-order valence-corrected chi connectivity index (χ1v) is 9.73. The minimum absolute atomic E-state index is 0.0622. The number of hydrogen-bond acceptors (Lipinski definition) is 5. The number of pyridine rings is 1. The zero-order chi connectivity index (χ0) is 25.4. The first kappa shape index (κ1) is 24.8. The highest BCUT2D eigenvalue weighted by Crippen LogP contribution is 2.44. The first-order valence-electron chi connectivity index (χ1n) is 9.73. The van der Waals surface area contributed by atoms with Crippen LogP contribution in [-0.4, -0.2) is 44.6 Å². The van der Waals surface area contributed by atoms with Crippen molar-refractivity contribution in [1.29, 1.82) is 0 Å². The van der Waals surface area contributed by atoms with Gasteiger partial charge in [0.25, 0.3) is 0 Å². The Balaban J connectivity index is 1.84. The molecule has 1 atom stereocenters. The van der Waals surface area contributed by atoms with E-state index in [1.807, 2.05) is 0 Å². The van der Waals surface area contributed by atoms with Crippen LogP contribution in [0.2, 0.25) is 0 Å². The van der Waals surface area contributed by atoms with Crippen LogP contribution in [0, 0.1) is 5.82 Å². The van der Waals surface area contributed by atoms with Gasteiger partial charge in [0.15, 0.2) is 0 Å². The molecule has 3 rings (SSSR count). The molecule has 4 N–H and O–H groups in total. The molecule has 8 nitrogen and oxygen atoms in total. The summed E-state index contributed by atoms with van der Waals surface area (Å²) >= 11 is 0. The van der Waals surface area contributed by atoms with Gasteiger partial charge in [-0.25, -0.2) is 9.37 Å². The maximum atomic E-state index is 14.5. The molecule has 0 fully saturated rings. The number of likely N-dealkylation sites (N-methyl/N-ethyl adjacent to an activating group) is 1. The number of amides is 2. The number of halogens is 6. The van der Waals surface area contributed by atoms with Crippen molar-refractivity contribution in [2.45, 2.75) is 32.0 Å². The Morgan fingerprint density at radius 1 is 1.21 bits per heavy atom. The number of fused-ring (bicyclic) bond motifs is 1. The van der Waals surface area contributed by atoms with Crippen LogP contribution < -0.4 is 11.1 Å². The van der Waals surface area contributed by atoms with Gasteiger partial charge < -0.3 is 16.0 Å². The Hall–Kier alpha value is -3.84. The highest BCUT2D eigenvalue weighted by molar-refractivity contribution is 6.40. The van der Waals surface area contributed by atoms with E-state index >= 15 is 0 Å². The second-order valence-electron chi connectivity index (χ2n) is 7.25. The Kier molecular flexibility index (Phi) is 6.44. The van der Waals surface area contributed by atoms with Crippen molar-refractivity contribution in [2.75, 3.05) is 17.6 Å². The van der Waals surface area contributed by atoms with E-state index in [2.05, 4.69) is 20.5 Å². The van der Waals surface area contributed by atoms with Gasteiger partial charge in [-0.05, 0) is 19.9 Å². The molecular weight excluding hydrogens is 470 g/mol. The Morgan fingerprint density at radius 3 is 2.47 bits per heavy atom. The van der Waals surface area contributed by atoms with E-state index in [1.54, 1.807) is 0 Å². The van der Waals surface area contributed by atoms with Gasteiger partial charge in [-0.1, -0.05) is 12.1 Å². The molecule has 2 amide bonds. The molecule has 0 bridgehead atoms. The summed E-state index contributed by atoms with van der Waals surface area (Å²) < 4.78 is 79.3. The number of aromatic nitrogens is 3. The van der Waals surface area contributed by atoms with Crippen LogP contribution in [0.4, 0.5) is 37.8 Å². The number of aromatic amines is 1. The van der Waals surface area contributed by atoms with Gasteiger partial charge in [0.2, 0.25) is 0 Å². The number of nitrogens with one attached hydrogen (secondary N) is 2. The molecule has 0 unspecified atom stereocenters. The summed E-state index contributed by atoms with van der Waals surface area (Å²) in [5.41, 5.74) is 4.16. The van der Waals surface area contributed by atoms with Crippen molar-refractivity contribution >= 4 is 34.2 Å². The summed E-state index contributed by atoms with van der Waals surface area (Å²) in [4.78, 5) is 30.1. The van der Waals surface area contributed by atoms with Crippen LogP contribution in [0.15, 0.2) is 30.6 Å². The molecule has 0 spiro atoms. The quantitative estimate of drug-likeness (QED) is 0.372. The number of nitrogens with zero attached hydrogens (tertiary/aromatic N) is 3. The Bertz CT molecular complexity index is 1240. The monoisotopic (exact) mass is 488 g/mol. The van der Waals surface area contributed by atoms with Crippen LogP contribution in [0.1, 0.15) is 31.0 Å². The number of nitrogen functional groups attached to an aromatic ring is 1. The van der Waals surface area contributed by atoms with E-state index in [-0.39, 0.29) is 29.7 Å². The van der Waals surface area contributed by atoms with Gasteiger partial charge in [-0.2, -0.15) is 27.1 Å². The third-order valence-corrected chi connectivity index (χ3v) is 5.20. The maximum absolute atomic E-state index is 14.5. The normalized spacial score (nSPS) is 13.1. The fraction of sp³-hybridized carbons (Fsp3) is 0.300. The lowest BCUT2D eigenvalue weighted by molar-refractivity contribution is -0.289. The topological polar surface area (TPSA) is 117 Å². The van der Waals surface area contributed by atoms with Crippen LogP contribution in [-0.2, 0) is 15.5 Å². The minimum Gasteiger partial charge on any atom is -0.383 e. The van der Waals surface area contributed by atoms with Crippen molar-refractivity contribution in [1.82, 2.24) is 20.1 Å². The summed E-state index contributed by atoms with van der Waals surface area (Å²) in [5.74, 6) is -8.75. The predicted octanol–water partition coefficient (Wildman–Crippen LogP) is 3.88. The Labute approximate surface area is 188 Å². The second-order valence-corrected chi connectivity index (χ2v) is 7.25. The number of anilines is 2. The first-order chi connectivity index (χ1) is 15.8. The highest BCUT2D eigenvalue weighted by atomic mass is 19.4. The second kappa shape index (κ2) is 8.83. The van der Waals surface area contributed by atoms with Crippen LogP contribution in [0.25, 0.3) is 10.9 Å². The van der Waals surface area contributed by atoms with E-state index in [0.717, 1.165) is 11.0 Å². The van der Waals surface area contributed by atoms with Crippen LogP contribution in [0.3, 0.4) is 0 Å². The summed E-state index contributed by atoms with van der Waals surface area (Å²) in [6.45, 7) is 2.67. The van der Waals surface area contributed by atoms with Crippen molar-refractivity contribution in [3.8, 4) is 0 Å². The molecule has 3 aromatic rings. The molecule has 2 aromatic heterocycles. The van der Waals surface area contributed by atoms with Crippen LogP contribution >= 0.6 is 0 Å². The number of carbonyl (C=O) groups excluding carboxylic acids is 2. The summed E-state index contributed by atoms with van der Waals surface area (Å²) in [7, 11) is 0. The summed E-state index contributed by atoms with van der Waals surface area (Å²) in [6, 6.07) is 0.0390. The van der Waals surface area contributed by atoms with E-state index in [9.17, 15) is 35.9 Å². The van der Waals surface area contributed by atoms with Crippen molar-refractivity contribution in [3.05, 3.63) is 47.5 Å². The summed E-state index contributed by atoms with van der Waals surface area (Å²) in [6.07, 6.45) is -3.35. The smallest absolute Gasteiger partial charge is 0.383 e. The number of alkyl halides is 5. The van der Waals surface area contributed by atoms with Gasteiger partial charge in [-0.15, -0.1) is 0 Å². The maximum Gasteiger partial charge on any atom is 0.458 e. The molecule has 1 aromatic carbocycles. The fourth-order valence-electron chi connectivity index (χ4n) is 3.34. The summed E-state index contributed by atoms with van der Waals surface area (Å²) in [5, 5.41) is 9.12. The molecule has 0 saturated heterocycles. The molecule has 0 radical (unpaired) electrons. The molecule has 34 heavy (non-hydrogen) atoms. The number of rotatable bonds is 5. The van der Waals surface area contributed by atoms with Gasteiger partial charge >= 0.3 is 23.9 Å². The number of nitrogens with two attached hydrogens (primary N) is 1. The third kappa shape index (κ3) is 4.34. The predicted molar refractivity (Wildman–Crippen MR) is 109 cm³/mol. The zero-order valence-electron chi connectivity index (χ0n) is 17.7. The van der Waals surface area contributed by atoms with E-state index in [0.29, 0.717) is 17.0 Å². The van der Waals surface area contributed by atoms with Gasteiger partial charge in [0.05, 0.1) is 35.0 Å². The highest BCUT2D eigenvalue weighted by Gasteiger charge is 2.58. The largest absolute Gasteiger partial charge is 0.458 e. The lowest BCUT2D eigenvalue weighted by Gasteiger charge is -2.28. The third-order valence-electron chi connectivity index (χ3n) is 5.20. The van der Waals surface area contributed by atoms with E-state index in [1.165, 1.54) is 26.2 Å². The van der Waals surface area contributed by atoms with Crippen molar-refractivity contribution in [2.24, 2.45) is 0 Å². The molecular formula is C20H18F6N6O2. The van der Waals surface area contributed by atoms with E-state index in [4.69, 9.17) is 5.73 Å². The Morgan fingerprint density at radius 2 is 1.88 bits per heavy atom. The van der Waals surface area contributed by atoms with E-state index < -0.39 is 41.3 Å². The van der Waals surface area contributed by atoms with Gasteiger partial charge in [0, 0.05) is 17.7 Å². The average molecular weight is 488 g/mol. The fourth-order valence-corrected chi connectivity index (χ4v) is 3.34. The number of hydrogen-bond donors (Lipinski definition) is 3. The minimum atomic E-state index is -5.91. The van der Waals surface area contributed by atoms with Crippen LogP contribution in [0.5, 0.6) is 0 Å². The number of carbonyl (C=O) groups is 2. The molecule has 0 aliphatic carbocycles. The van der Waals surface area contributed by atoms with Gasteiger partial charge in [-0.3, -0.25) is 14.7 Å². The number of H-pyrrole nitrogens is 1. The van der Waals surface area contributed by atoms with Crippen molar-refractivity contribution in [3.63, 3.8) is 0 Å². The lowest BCUT2D eigenvalue weighted by atomic mass is 10.0. The average Bonchev–Trinajstić information content (AvgIpc) is 3.26. The molecule has 0 saturated carbocycles. The molecule has 0 aliphatic rings. The lowest BCUT2D eigenvalue weighted by Crippen LogP contribution is -2.41. The van der Waals surface area contributed by atoms with Crippen molar-refractivity contribution < 1.29 is 35.9 Å².